The lowest BCUT2D eigenvalue weighted by molar-refractivity contribution is -0.122. The quantitative estimate of drug-likeness (QED) is 0.586. The number of nitrogens with one attached hydrogen (secondary N) is 1. The Hall–Kier alpha value is -1.81. The fourth-order valence-corrected chi connectivity index (χ4v) is 5.46. The van der Waals surface area contributed by atoms with Gasteiger partial charge < -0.3 is 5.32 Å². The van der Waals surface area contributed by atoms with Crippen molar-refractivity contribution in [1.82, 2.24) is 5.32 Å². The molecule has 0 saturated carbocycles. The predicted octanol–water partition coefficient (Wildman–Crippen LogP) is 3.82. The third-order valence-electron chi connectivity index (χ3n) is 4.60. The number of benzene rings is 2. The van der Waals surface area contributed by atoms with Crippen LogP contribution in [0.4, 0.5) is 5.69 Å². The van der Waals surface area contributed by atoms with Gasteiger partial charge in [0.2, 0.25) is 15.9 Å². The number of rotatable bonds is 8. The molecular weight excluding hydrogens is 483 g/mol. The van der Waals surface area contributed by atoms with Gasteiger partial charge in [0.1, 0.15) is 6.04 Å². The monoisotopic (exact) mass is 506 g/mol. The van der Waals surface area contributed by atoms with E-state index in [1.54, 1.807) is 26.0 Å². The summed E-state index contributed by atoms with van der Waals surface area (Å²) in [7, 11) is -7.18. The first-order chi connectivity index (χ1) is 14.2. The van der Waals surface area contributed by atoms with E-state index in [4.69, 9.17) is 23.2 Å². The molecule has 11 heteroatoms. The van der Waals surface area contributed by atoms with Gasteiger partial charge in [-0.05, 0) is 49.2 Å². The minimum absolute atomic E-state index is 0.169. The molecule has 0 spiro atoms. The van der Waals surface area contributed by atoms with Crippen molar-refractivity contribution < 1.29 is 21.6 Å². The zero-order valence-corrected chi connectivity index (χ0v) is 20.6. The highest BCUT2D eigenvalue weighted by Crippen LogP contribution is 2.29. The Labute approximate surface area is 193 Å². The molecule has 0 aliphatic rings. The van der Waals surface area contributed by atoms with Gasteiger partial charge in [-0.2, -0.15) is 0 Å². The van der Waals surface area contributed by atoms with Crippen molar-refractivity contribution in [3.8, 4) is 0 Å². The van der Waals surface area contributed by atoms with E-state index in [0.29, 0.717) is 5.56 Å². The number of hydrogen-bond acceptors (Lipinski definition) is 5. The largest absolute Gasteiger partial charge is 0.348 e. The minimum atomic E-state index is -3.84. The first kappa shape index (κ1) is 25.5. The molecule has 2 aromatic rings. The van der Waals surface area contributed by atoms with Crippen LogP contribution in [0, 0.1) is 0 Å². The van der Waals surface area contributed by atoms with Gasteiger partial charge >= 0.3 is 0 Å². The van der Waals surface area contributed by atoms with Crippen LogP contribution < -0.4 is 9.62 Å². The number of amides is 1. The second-order valence-electron chi connectivity index (χ2n) is 7.18. The van der Waals surface area contributed by atoms with Crippen molar-refractivity contribution >= 4 is 54.7 Å². The maximum atomic E-state index is 13.0. The summed E-state index contributed by atoms with van der Waals surface area (Å²) < 4.78 is 49.3. The van der Waals surface area contributed by atoms with Crippen LogP contribution in [0.15, 0.2) is 47.4 Å². The molecular formula is C20H24Cl2N2O5S2. The zero-order valence-electron chi connectivity index (χ0n) is 17.5. The first-order valence-electron chi connectivity index (χ1n) is 9.30. The summed E-state index contributed by atoms with van der Waals surface area (Å²) in [5.41, 5.74) is 0.861. The van der Waals surface area contributed by atoms with Crippen LogP contribution in [-0.2, 0) is 24.7 Å². The van der Waals surface area contributed by atoms with E-state index in [0.717, 1.165) is 16.8 Å². The van der Waals surface area contributed by atoms with E-state index < -0.39 is 37.9 Å². The summed E-state index contributed by atoms with van der Waals surface area (Å²) in [5.74, 6) is -0.510. The molecule has 7 nitrogen and oxygen atoms in total. The fraction of sp³-hybridized carbons (Fsp3) is 0.350. The van der Waals surface area contributed by atoms with Gasteiger partial charge in [-0.25, -0.2) is 16.8 Å². The van der Waals surface area contributed by atoms with Crippen molar-refractivity contribution in [2.45, 2.75) is 37.2 Å². The average molecular weight is 507 g/mol. The molecule has 0 aliphatic heterocycles. The number of anilines is 1. The number of halogens is 2. The first-order valence-corrected chi connectivity index (χ1v) is 13.8. The normalized spacial score (nSPS) is 14.0. The smallest absolute Gasteiger partial charge is 0.244 e. The molecule has 0 aromatic heterocycles. The van der Waals surface area contributed by atoms with Crippen molar-refractivity contribution in [1.29, 1.82) is 0 Å². The van der Waals surface area contributed by atoms with Crippen LogP contribution in [0.2, 0.25) is 10.0 Å². The second kappa shape index (κ2) is 9.77. The third kappa shape index (κ3) is 6.58. The molecule has 0 saturated heterocycles. The Balaban J connectivity index is 2.33. The summed E-state index contributed by atoms with van der Waals surface area (Å²) in [4.78, 5) is 13.2. The lowest BCUT2D eigenvalue weighted by Gasteiger charge is -2.31. The van der Waals surface area contributed by atoms with Crippen LogP contribution in [0.25, 0.3) is 0 Å². The Kier molecular flexibility index (Phi) is 8.02. The lowest BCUT2D eigenvalue weighted by Crippen LogP contribution is -2.49. The van der Waals surface area contributed by atoms with Crippen LogP contribution in [0.3, 0.4) is 0 Å². The highest BCUT2D eigenvalue weighted by atomic mass is 35.5. The third-order valence-corrected chi connectivity index (χ3v) is 7.34. The maximum Gasteiger partial charge on any atom is 0.244 e. The highest BCUT2D eigenvalue weighted by Gasteiger charge is 2.32. The molecule has 170 valence electrons. The number of sulfonamides is 1. The summed E-state index contributed by atoms with van der Waals surface area (Å²) >= 11 is 12.1. The van der Waals surface area contributed by atoms with Gasteiger partial charge in [0.25, 0.3) is 0 Å². The number of carbonyl (C=O) groups is 1. The van der Waals surface area contributed by atoms with E-state index >= 15 is 0 Å². The van der Waals surface area contributed by atoms with Crippen molar-refractivity contribution in [2.75, 3.05) is 16.8 Å². The average Bonchev–Trinajstić information content (AvgIpc) is 2.63. The SMILES string of the molecule is CC[C@@H](C(=O)N[C@H](C)c1ccc(S(C)(=O)=O)cc1)N(c1cc(Cl)cc(Cl)c1)S(C)(=O)=O. The van der Waals surface area contributed by atoms with E-state index in [2.05, 4.69) is 5.32 Å². The van der Waals surface area contributed by atoms with Gasteiger partial charge in [-0.3, -0.25) is 9.10 Å². The minimum Gasteiger partial charge on any atom is -0.348 e. The summed E-state index contributed by atoms with van der Waals surface area (Å²) in [5, 5.41) is 3.28. The number of hydrogen-bond donors (Lipinski definition) is 1. The van der Waals surface area contributed by atoms with Crippen LogP contribution in [-0.4, -0.2) is 41.3 Å². The number of carbonyl (C=O) groups excluding carboxylic acids is 1. The van der Waals surface area contributed by atoms with Gasteiger partial charge in [-0.15, -0.1) is 0 Å². The van der Waals surface area contributed by atoms with Gasteiger partial charge in [-0.1, -0.05) is 42.3 Å². The van der Waals surface area contributed by atoms with E-state index in [1.807, 2.05) is 0 Å². The summed E-state index contributed by atoms with van der Waals surface area (Å²) in [6, 6.07) is 8.93. The number of sulfone groups is 1. The van der Waals surface area contributed by atoms with E-state index in [9.17, 15) is 21.6 Å². The van der Waals surface area contributed by atoms with Gasteiger partial charge in [0, 0.05) is 16.3 Å². The zero-order chi connectivity index (χ0) is 23.6. The predicted molar refractivity (Wildman–Crippen MR) is 124 cm³/mol. The Morgan fingerprint density at radius 1 is 1.00 bits per heavy atom. The Morgan fingerprint density at radius 2 is 1.52 bits per heavy atom. The number of nitrogens with zero attached hydrogens (tertiary/aromatic N) is 1. The molecule has 0 heterocycles. The molecule has 0 fully saturated rings. The molecule has 2 rings (SSSR count). The topological polar surface area (TPSA) is 101 Å². The Morgan fingerprint density at radius 3 is 1.94 bits per heavy atom. The Bertz CT molecular complexity index is 1150. The molecule has 1 N–H and O–H groups in total. The summed E-state index contributed by atoms with van der Waals surface area (Å²) in [6.45, 7) is 3.42. The molecule has 0 bridgehead atoms. The van der Waals surface area contributed by atoms with Crippen LogP contribution in [0.1, 0.15) is 31.9 Å². The maximum absolute atomic E-state index is 13.0. The molecule has 31 heavy (non-hydrogen) atoms. The van der Waals surface area contributed by atoms with E-state index in [1.165, 1.54) is 30.3 Å². The molecule has 0 radical (unpaired) electrons. The lowest BCUT2D eigenvalue weighted by atomic mass is 10.1. The second-order valence-corrected chi connectivity index (χ2v) is 11.9. The molecule has 0 unspecified atom stereocenters. The van der Waals surface area contributed by atoms with Crippen molar-refractivity contribution in [3.63, 3.8) is 0 Å². The molecule has 1 amide bonds. The standard InChI is InChI=1S/C20H24Cl2N2O5S2/c1-5-19(24(31(4,28)29)17-11-15(21)10-16(22)12-17)20(25)23-13(2)14-6-8-18(9-7-14)30(3,26)27/h6-13,19H,5H2,1-4H3,(H,23,25)/t13-,19+/m1/s1. The van der Waals surface area contributed by atoms with Gasteiger partial charge in [0.15, 0.2) is 9.84 Å². The van der Waals surface area contributed by atoms with Crippen LogP contribution in [0.5, 0.6) is 0 Å². The molecule has 2 aromatic carbocycles. The van der Waals surface area contributed by atoms with Crippen LogP contribution >= 0.6 is 23.2 Å². The fourth-order valence-electron chi connectivity index (χ4n) is 3.12. The summed E-state index contributed by atoms with van der Waals surface area (Å²) in [6.07, 6.45) is 2.31. The highest BCUT2D eigenvalue weighted by molar-refractivity contribution is 7.92. The molecule has 0 aliphatic carbocycles. The van der Waals surface area contributed by atoms with Gasteiger partial charge in [0.05, 0.1) is 22.9 Å². The molecule has 2 atom stereocenters. The van der Waals surface area contributed by atoms with Crippen molar-refractivity contribution in [3.05, 3.63) is 58.1 Å². The van der Waals surface area contributed by atoms with Crippen molar-refractivity contribution in [2.24, 2.45) is 0 Å². The van der Waals surface area contributed by atoms with E-state index in [-0.39, 0.29) is 27.0 Å².